The highest BCUT2D eigenvalue weighted by atomic mass is 32.2. The topological polar surface area (TPSA) is 95.6 Å². The van der Waals surface area contributed by atoms with Crippen LogP contribution in [0.4, 0.5) is 0 Å². The molecule has 1 aliphatic heterocycles. The lowest BCUT2D eigenvalue weighted by atomic mass is 10.1. The maximum atomic E-state index is 12.2. The molecule has 0 spiro atoms. The Morgan fingerprint density at radius 1 is 1.04 bits per heavy atom. The van der Waals surface area contributed by atoms with E-state index >= 15 is 0 Å². The van der Waals surface area contributed by atoms with Crippen molar-refractivity contribution in [3.8, 4) is 0 Å². The Hall–Kier alpha value is -1.93. The highest BCUT2D eigenvalue weighted by molar-refractivity contribution is 7.89. The van der Waals surface area contributed by atoms with Gasteiger partial charge < -0.3 is 10.2 Å². The predicted octanol–water partition coefficient (Wildman–Crippen LogP) is 0.710. The van der Waals surface area contributed by atoms with E-state index in [9.17, 15) is 18.0 Å². The van der Waals surface area contributed by atoms with Gasteiger partial charge >= 0.3 is 0 Å². The molecule has 1 saturated heterocycles. The van der Waals surface area contributed by atoms with E-state index in [0.29, 0.717) is 13.1 Å². The summed E-state index contributed by atoms with van der Waals surface area (Å²) in [5.74, 6) is -0.664. The van der Waals surface area contributed by atoms with E-state index in [1.54, 1.807) is 17.0 Å². The van der Waals surface area contributed by atoms with Gasteiger partial charge in [-0.1, -0.05) is 6.07 Å². The summed E-state index contributed by atoms with van der Waals surface area (Å²) in [5, 5.41) is 2.47. The van der Waals surface area contributed by atoms with Gasteiger partial charge in [-0.15, -0.1) is 0 Å². The van der Waals surface area contributed by atoms with Crippen LogP contribution < -0.4 is 10.0 Å². The van der Waals surface area contributed by atoms with Crippen LogP contribution in [0, 0.1) is 13.8 Å². The van der Waals surface area contributed by atoms with Gasteiger partial charge in [0.15, 0.2) is 0 Å². The molecular weight excluding hydrogens is 342 g/mol. The Balaban J connectivity index is 1.82. The molecule has 1 aromatic rings. The lowest BCUT2D eigenvalue weighted by molar-refractivity contribution is -0.133. The van der Waals surface area contributed by atoms with E-state index in [-0.39, 0.29) is 17.3 Å². The minimum atomic E-state index is -3.76. The van der Waals surface area contributed by atoms with Crippen LogP contribution in [0.5, 0.6) is 0 Å². The van der Waals surface area contributed by atoms with Gasteiger partial charge in [0, 0.05) is 13.1 Å². The maximum Gasteiger partial charge on any atom is 0.241 e. The zero-order valence-corrected chi connectivity index (χ0v) is 15.5. The van der Waals surface area contributed by atoms with E-state index in [2.05, 4.69) is 10.0 Å². The Labute approximate surface area is 148 Å². The molecule has 2 amide bonds. The Morgan fingerprint density at radius 3 is 2.36 bits per heavy atom. The second kappa shape index (κ2) is 8.44. The van der Waals surface area contributed by atoms with Crippen LogP contribution >= 0.6 is 0 Å². The molecule has 1 aliphatic rings. The zero-order chi connectivity index (χ0) is 18.4. The van der Waals surface area contributed by atoms with Crippen molar-refractivity contribution in [2.45, 2.75) is 38.0 Å². The van der Waals surface area contributed by atoms with Crippen LogP contribution in [-0.2, 0) is 19.6 Å². The van der Waals surface area contributed by atoms with E-state index < -0.39 is 22.5 Å². The van der Waals surface area contributed by atoms with Crippen molar-refractivity contribution in [2.75, 3.05) is 26.2 Å². The normalized spacial score (nSPS) is 15.0. The molecule has 1 heterocycles. The number of nitrogens with one attached hydrogen (secondary N) is 2. The first-order valence-electron chi connectivity index (χ1n) is 8.41. The van der Waals surface area contributed by atoms with Crippen molar-refractivity contribution in [1.82, 2.24) is 14.9 Å². The lowest BCUT2D eigenvalue weighted by Gasteiger charge is -2.26. The number of benzene rings is 1. The molecule has 1 aromatic carbocycles. The van der Waals surface area contributed by atoms with Crippen LogP contribution in [0.2, 0.25) is 0 Å². The first-order valence-corrected chi connectivity index (χ1v) is 9.89. The number of piperidine rings is 1. The summed E-state index contributed by atoms with van der Waals surface area (Å²) >= 11 is 0. The molecule has 0 aromatic heterocycles. The van der Waals surface area contributed by atoms with Crippen molar-refractivity contribution in [3.05, 3.63) is 29.3 Å². The van der Waals surface area contributed by atoms with Gasteiger partial charge in [-0.05, 0) is 56.4 Å². The largest absolute Gasteiger partial charge is 0.346 e. The van der Waals surface area contributed by atoms with Crippen LogP contribution in [0.15, 0.2) is 23.1 Å². The van der Waals surface area contributed by atoms with Crippen molar-refractivity contribution in [1.29, 1.82) is 0 Å². The first-order chi connectivity index (χ1) is 11.8. The molecule has 1 fully saturated rings. The average Bonchev–Trinajstić information content (AvgIpc) is 2.61. The van der Waals surface area contributed by atoms with Gasteiger partial charge in [0.05, 0.1) is 18.0 Å². The van der Waals surface area contributed by atoms with Gasteiger partial charge in [0.2, 0.25) is 21.8 Å². The van der Waals surface area contributed by atoms with Gasteiger partial charge in [0.25, 0.3) is 0 Å². The van der Waals surface area contributed by atoms with Crippen molar-refractivity contribution >= 4 is 21.8 Å². The summed E-state index contributed by atoms with van der Waals surface area (Å²) in [4.78, 5) is 25.6. The second-order valence-electron chi connectivity index (χ2n) is 6.29. The molecule has 2 rings (SSSR count). The number of hydrogen-bond donors (Lipinski definition) is 2. The van der Waals surface area contributed by atoms with Gasteiger partial charge in [0.1, 0.15) is 0 Å². The third-order valence-electron chi connectivity index (χ3n) is 4.36. The summed E-state index contributed by atoms with van der Waals surface area (Å²) in [6, 6.07) is 4.79. The first kappa shape index (κ1) is 19.4. The molecular formula is C17H25N3O4S. The number of carbonyl (C=O) groups is 2. The molecule has 0 radical (unpaired) electrons. The summed E-state index contributed by atoms with van der Waals surface area (Å²) in [7, 11) is -3.76. The predicted molar refractivity (Wildman–Crippen MR) is 94.5 cm³/mol. The number of carbonyl (C=O) groups excluding carboxylic acids is 2. The fourth-order valence-electron chi connectivity index (χ4n) is 2.62. The molecule has 8 heteroatoms. The second-order valence-corrected chi connectivity index (χ2v) is 8.06. The van der Waals surface area contributed by atoms with Crippen LogP contribution in [0.1, 0.15) is 30.4 Å². The van der Waals surface area contributed by atoms with Gasteiger partial charge in [-0.3, -0.25) is 9.59 Å². The summed E-state index contributed by atoms with van der Waals surface area (Å²) in [6.45, 7) is 4.65. The fourth-order valence-corrected chi connectivity index (χ4v) is 3.68. The SMILES string of the molecule is Cc1ccc(S(=O)(=O)NCC(=O)NCC(=O)N2CCCCC2)cc1C. The Morgan fingerprint density at radius 2 is 1.72 bits per heavy atom. The molecule has 2 N–H and O–H groups in total. The molecule has 0 aliphatic carbocycles. The van der Waals surface area contributed by atoms with Gasteiger partial charge in [-0.25, -0.2) is 13.1 Å². The minimum absolute atomic E-state index is 0.107. The average molecular weight is 367 g/mol. The highest BCUT2D eigenvalue weighted by Gasteiger charge is 2.19. The number of likely N-dealkylation sites (tertiary alicyclic amines) is 1. The standard InChI is InChI=1S/C17H25N3O4S/c1-13-6-7-15(10-14(13)2)25(23,24)19-11-16(21)18-12-17(22)20-8-4-3-5-9-20/h6-7,10,19H,3-5,8-9,11-12H2,1-2H3,(H,18,21). The number of hydrogen-bond acceptors (Lipinski definition) is 4. The Kier molecular flexibility index (Phi) is 6.55. The molecule has 0 bridgehead atoms. The number of amides is 2. The van der Waals surface area contributed by atoms with Crippen molar-refractivity contribution in [2.24, 2.45) is 0 Å². The summed E-state index contributed by atoms with van der Waals surface area (Å²) in [5.41, 5.74) is 1.85. The number of sulfonamides is 1. The van der Waals surface area contributed by atoms with Crippen LogP contribution in [0.3, 0.4) is 0 Å². The molecule has 138 valence electrons. The third kappa shape index (κ3) is 5.54. The summed E-state index contributed by atoms with van der Waals surface area (Å²) < 4.78 is 26.7. The molecule has 0 atom stereocenters. The fraction of sp³-hybridized carbons (Fsp3) is 0.529. The lowest BCUT2D eigenvalue weighted by Crippen LogP contribution is -2.45. The minimum Gasteiger partial charge on any atom is -0.346 e. The summed E-state index contributed by atoms with van der Waals surface area (Å²) in [6.07, 6.45) is 3.08. The smallest absolute Gasteiger partial charge is 0.241 e. The van der Waals surface area contributed by atoms with Crippen LogP contribution in [-0.4, -0.2) is 51.3 Å². The van der Waals surface area contributed by atoms with E-state index in [4.69, 9.17) is 0 Å². The van der Waals surface area contributed by atoms with Gasteiger partial charge in [-0.2, -0.15) is 0 Å². The maximum absolute atomic E-state index is 12.2. The number of nitrogens with zero attached hydrogens (tertiary/aromatic N) is 1. The number of aryl methyl sites for hydroxylation is 2. The van der Waals surface area contributed by atoms with Crippen molar-refractivity contribution < 1.29 is 18.0 Å². The molecule has 0 unspecified atom stereocenters. The Bertz CT molecular complexity index is 740. The van der Waals surface area contributed by atoms with E-state index in [1.807, 2.05) is 13.8 Å². The van der Waals surface area contributed by atoms with E-state index in [1.165, 1.54) is 6.07 Å². The number of rotatable bonds is 6. The van der Waals surface area contributed by atoms with Crippen LogP contribution in [0.25, 0.3) is 0 Å². The monoisotopic (exact) mass is 367 g/mol. The molecule has 25 heavy (non-hydrogen) atoms. The quantitative estimate of drug-likeness (QED) is 0.774. The highest BCUT2D eigenvalue weighted by Crippen LogP contribution is 2.14. The van der Waals surface area contributed by atoms with E-state index in [0.717, 1.165) is 30.4 Å². The van der Waals surface area contributed by atoms with Crippen molar-refractivity contribution in [3.63, 3.8) is 0 Å². The zero-order valence-electron chi connectivity index (χ0n) is 14.7. The third-order valence-corrected chi connectivity index (χ3v) is 5.76. The molecule has 7 nitrogen and oxygen atoms in total. The molecule has 0 saturated carbocycles.